The normalized spacial score (nSPS) is 15.1. The zero-order chi connectivity index (χ0) is 21.0. The van der Waals surface area contributed by atoms with Crippen molar-refractivity contribution in [1.29, 1.82) is 0 Å². The van der Waals surface area contributed by atoms with Gasteiger partial charge in [-0.05, 0) is 35.9 Å². The van der Waals surface area contributed by atoms with Crippen LogP contribution in [0, 0.1) is 0 Å². The van der Waals surface area contributed by atoms with E-state index in [1.165, 1.54) is 0 Å². The summed E-state index contributed by atoms with van der Waals surface area (Å²) in [6.07, 6.45) is 1.63. The maximum Gasteiger partial charge on any atom is 0.323 e. The van der Waals surface area contributed by atoms with Crippen molar-refractivity contribution in [3.05, 3.63) is 69.6 Å². The molecule has 1 N–H and O–H groups in total. The van der Waals surface area contributed by atoms with Gasteiger partial charge in [-0.2, -0.15) is 0 Å². The maximum absolute atomic E-state index is 12.3. The van der Waals surface area contributed by atoms with Crippen LogP contribution in [0.25, 0.3) is 6.08 Å². The third-order valence-electron chi connectivity index (χ3n) is 3.86. The first-order valence-electron chi connectivity index (χ1n) is 8.32. The molecule has 1 fully saturated rings. The highest BCUT2D eigenvalue weighted by molar-refractivity contribution is 8.26. The molecule has 1 aliphatic rings. The lowest BCUT2D eigenvalue weighted by Gasteiger charge is -2.10. The van der Waals surface area contributed by atoms with Crippen molar-refractivity contribution in [3.63, 3.8) is 0 Å². The Labute approximate surface area is 181 Å². The minimum absolute atomic E-state index is 0.131. The molecule has 0 unspecified atom stereocenters. The number of hydrogen-bond acceptors (Lipinski definition) is 6. The van der Waals surface area contributed by atoms with Crippen LogP contribution in [0.1, 0.15) is 15.9 Å². The fourth-order valence-electron chi connectivity index (χ4n) is 2.48. The van der Waals surface area contributed by atoms with Gasteiger partial charge in [-0.15, -0.1) is 0 Å². The molecule has 1 heterocycles. The number of rotatable bonds is 7. The van der Waals surface area contributed by atoms with Crippen LogP contribution in [-0.4, -0.2) is 45.1 Å². The molecule has 1 amide bonds. The molecule has 1 saturated heterocycles. The Balaban J connectivity index is 1.62. The first-order valence-corrected chi connectivity index (χ1v) is 9.92. The van der Waals surface area contributed by atoms with Gasteiger partial charge in [0.15, 0.2) is 12.4 Å². The minimum atomic E-state index is -1.13. The summed E-state index contributed by atoms with van der Waals surface area (Å²) in [6.45, 7) is -0.594. The summed E-state index contributed by atoms with van der Waals surface area (Å²) in [5, 5.41) is 9.35. The summed E-state index contributed by atoms with van der Waals surface area (Å²) in [6, 6.07) is 13.4. The van der Waals surface area contributed by atoms with E-state index in [-0.39, 0.29) is 16.7 Å². The summed E-state index contributed by atoms with van der Waals surface area (Å²) in [5.74, 6) is -1.26. The molecule has 0 atom stereocenters. The summed E-state index contributed by atoms with van der Waals surface area (Å²) in [4.78, 5) is 36.7. The van der Waals surface area contributed by atoms with Crippen LogP contribution >= 0.6 is 35.6 Å². The van der Waals surface area contributed by atoms with Gasteiger partial charge in [0.2, 0.25) is 0 Å². The highest BCUT2D eigenvalue weighted by atomic mass is 35.5. The molecule has 2 aromatic carbocycles. The minimum Gasteiger partial charge on any atom is -0.485 e. The Morgan fingerprint density at radius 1 is 1.21 bits per heavy atom. The number of carboxylic acids is 1. The number of ketones is 1. The second kappa shape index (κ2) is 9.21. The Morgan fingerprint density at radius 3 is 2.59 bits per heavy atom. The largest absolute Gasteiger partial charge is 0.485 e. The van der Waals surface area contributed by atoms with E-state index in [2.05, 4.69) is 0 Å². The van der Waals surface area contributed by atoms with Crippen LogP contribution in [0.4, 0.5) is 0 Å². The molecular weight excluding hydrogens is 434 g/mol. The fourth-order valence-corrected chi connectivity index (χ4v) is 3.92. The molecule has 2 aromatic rings. The fraction of sp³-hybridized carbons (Fsp3) is 0.100. The van der Waals surface area contributed by atoms with E-state index in [4.69, 9.17) is 33.7 Å². The number of amides is 1. The lowest BCUT2D eigenvalue weighted by Crippen LogP contribution is -2.33. The molecule has 9 heteroatoms. The molecule has 148 valence electrons. The van der Waals surface area contributed by atoms with E-state index >= 15 is 0 Å². The van der Waals surface area contributed by atoms with Crippen molar-refractivity contribution in [2.24, 2.45) is 0 Å². The molecule has 6 nitrogen and oxygen atoms in total. The van der Waals surface area contributed by atoms with Crippen molar-refractivity contribution < 1.29 is 24.2 Å². The molecule has 0 bridgehead atoms. The van der Waals surface area contributed by atoms with Gasteiger partial charge < -0.3 is 9.84 Å². The number of Topliss-reactive ketones (excluding diaryl/α,β-unsaturated/α-hetero) is 1. The third-order valence-corrected chi connectivity index (χ3v) is 5.47. The number of halogens is 1. The molecule has 0 radical (unpaired) electrons. The van der Waals surface area contributed by atoms with Gasteiger partial charge in [0.25, 0.3) is 5.91 Å². The van der Waals surface area contributed by atoms with Gasteiger partial charge >= 0.3 is 5.97 Å². The van der Waals surface area contributed by atoms with Gasteiger partial charge in [0.1, 0.15) is 16.6 Å². The average molecular weight is 448 g/mol. The number of carboxylic acid groups (broad SMARTS) is 1. The van der Waals surface area contributed by atoms with Crippen molar-refractivity contribution in [3.8, 4) is 5.75 Å². The van der Waals surface area contributed by atoms with Crippen molar-refractivity contribution in [2.75, 3.05) is 13.2 Å². The number of carbonyl (C=O) groups excluding carboxylic acids is 2. The van der Waals surface area contributed by atoms with Gasteiger partial charge in [0.05, 0.1) is 4.91 Å². The third kappa shape index (κ3) is 5.44. The molecule has 0 spiro atoms. The van der Waals surface area contributed by atoms with Crippen molar-refractivity contribution in [1.82, 2.24) is 4.90 Å². The van der Waals surface area contributed by atoms with Crippen LogP contribution in [-0.2, 0) is 9.59 Å². The van der Waals surface area contributed by atoms with Crippen molar-refractivity contribution in [2.45, 2.75) is 0 Å². The van der Waals surface area contributed by atoms with E-state index < -0.39 is 18.4 Å². The highest BCUT2D eigenvalue weighted by Gasteiger charge is 2.33. The molecule has 29 heavy (non-hydrogen) atoms. The van der Waals surface area contributed by atoms with E-state index in [1.807, 2.05) is 0 Å². The number of hydrogen-bond donors (Lipinski definition) is 1. The summed E-state index contributed by atoms with van der Waals surface area (Å²) >= 11 is 12.0. The Bertz CT molecular complexity index is 1020. The Hall–Kier alpha value is -2.68. The standard InChI is InChI=1S/C20H14ClNO5S2/c21-14-3-1-2-13(9-14)16(23)11-27-15-6-4-12(5-7-15)8-17-19(26)22(10-18(24)25)20(28)29-17/h1-9H,10-11H2,(H,24,25)/b17-8-. The van der Waals surface area contributed by atoms with E-state index in [9.17, 15) is 14.4 Å². The smallest absolute Gasteiger partial charge is 0.323 e. The number of nitrogens with zero attached hydrogens (tertiary/aromatic N) is 1. The second-order valence-corrected chi connectivity index (χ2v) is 8.07. The van der Waals surface area contributed by atoms with Gasteiger partial charge in [-0.25, -0.2) is 0 Å². The first kappa shape index (κ1) is 21.0. The van der Waals surface area contributed by atoms with E-state index in [1.54, 1.807) is 54.6 Å². The molecule has 3 rings (SSSR count). The Kier molecular flexibility index (Phi) is 6.68. The molecule has 0 aromatic heterocycles. The summed E-state index contributed by atoms with van der Waals surface area (Å²) in [5.41, 5.74) is 1.19. The lowest BCUT2D eigenvalue weighted by molar-refractivity contribution is -0.140. The topological polar surface area (TPSA) is 83.9 Å². The monoisotopic (exact) mass is 447 g/mol. The zero-order valence-electron chi connectivity index (χ0n) is 14.8. The predicted molar refractivity (Wildman–Crippen MR) is 115 cm³/mol. The van der Waals surface area contributed by atoms with Gasteiger partial charge in [0, 0.05) is 10.6 Å². The van der Waals surface area contributed by atoms with Crippen LogP contribution in [0.5, 0.6) is 5.75 Å². The van der Waals surface area contributed by atoms with E-state index in [0.717, 1.165) is 16.7 Å². The highest BCUT2D eigenvalue weighted by Crippen LogP contribution is 2.32. The first-order chi connectivity index (χ1) is 13.8. The molecule has 1 aliphatic heterocycles. The maximum atomic E-state index is 12.3. The lowest BCUT2D eigenvalue weighted by atomic mass is 10.1. The predicted octanol–water partition coefficient (Wildman–Crippen LogP) is 3.89. The second-order valence-electron chi connectivity index (χ2n) is 5.95. The summed E-state index contributed by atoms with van der Waals surface area (Å²) in [7, 11) is 0. The van der Waals surface area contributed by atoms with Crippen LogP contribution in [0.3, 0.4) is 0 Å². The van der Waals surface area contributed by atoms with Crippen LogP contribution in [0.2, 0.25) is 5.02 Å². The van der Waals surface area contributed by atoms with Crippen molar-refractivity contribution >= 4 is 63.6 Å². The molecule has 0 saturated carbocycles. The number of carbonyl (C=O) groups is 3. The van der Waals surface area contributed by atoms with Gasteiger partial charge in [-0.3, -0.25) is 19.3 Å². The van der Waals surface area contributed by atoms with Crippen LogP contribution in [0.15, 0.2) is 53.4 Å². The number of thiocarbonyl (C=S) groups is 1. The zero-order valence-corrected chi connectivity index (χ0v) is 17.2. The molecular formula is C20H14ClNO5S2. The van der Waals surface area contributed by atoms with Crippen LogP contribution < -0.4 is 4.74 Å². The van der Waals surface area contributed by atoms with E-state index in [0.29, 0.717) is 26.8 Å². The van der Waals surface area contributed by atoms with Gasteiger partial charge in [-0.1, -0.05) is 59.8 Å². The Morgan fingerprint density at radius 2 is 1.93 bits per heavy atom. The molecule has 0 aliphatic carbocycles. The number of ether oxygens (including phenoxy) is 1. The number of aliphatic carboxylic acids is 1. The number of benzene rings is 2. The summed E-state index contributed by atoms with van der Waals surface area (Å²) < 4.78 is 5.72. The quantitative estimate of drug-likeness (QED) is 0.391. The average Bonchev–Trinajstić information content (AvgIpc) is 2.94. The number of thioether (sulfide) groups is 1. The SMILES string of the molecule is O=C(O)CN1C(=O)/C(=C/c2ccc(OCC(=O)c3cccc(Cl)c3)cc2)SC1=S.